The lowest BCUT2D eigenvalue weighted by molar-refractivity contribution is -0.149. The van der Waals surface area contributed by atoms with Crippen LogP contribution in [0.2, 0.25) is 0 Å². The molecular weight excluding hydrogens is 557 g/mol. The van der Waals surface area contributed by atoms with E-state index in [1.807, 2.05) is 4.98 Å². The van der Waals surface area contributed by atoms with E-state index in [4.69, 9.17) is 23.0 Å². The summed E-state index contributed by atoms with van der Waals surface area (Å²) in [6.07, 6.45) is -2.17. The molecule has 0 spiro atoms. The van der Waals surface area contributed by atoms with E-state index in [-0.39, 0.29) is 12.0 Å². The maximum Gasteiger partial charge on any atom is 0.459 e. The van der Waals surface area contributed by atoms with Gasteiger partial charge in [-0.25, -0.2) is 18.1 Å². The highest BCUT2D eigenvalue weighted by Crippen LogP contribution is 2.48. The van der Waals surface area contributed by atoms with Gasteiger partial charge in [0, 0.05) is 30.1 Å². The minimum atomic E-state index is -4.56. The number of hydrogen-bond acceptors (Lipinski definition) is 10. The van der Waals surface area contributed by atoms with Gasteiger partial charge in [0.2, 0.25) is 0 Å². The molecule has 5 unspecified atom stereocenters. The van der Waals surface area contributed by atoms with Crippen molar-refractivity contribution in [3.8, 4) is 5.75 Å². The first kappa shape index (κ1) is 29.6. The summed E-state index contributed by atoms with van der Waals surface area (Å²) < 4.78 is 71.8. The number of carbonyl (C=O) groups is 1. The lowest BCUT2D eigenvalue weighted by atomic mass is 10.0. The molecule has 5 atom stereocenters. The van der Waals surface area contributed by atoms with Crippen molar-refractivity contribution in [1.29, 1.82) is 0 Å². The highest BCUT2D eigenvalue weighted by atomic mass is 31.2. The van der Waals surface area contributed by atoms with Crippen molar-refractivity contribution in [2.45, 2.75) is 71.2 Å². The van der Waals surface area contributed by atoms with Gasteiger partial charge in [0.25, 0.3) is 5.56 Å². The predicted octanol–water partition coefficient (Wildman–Crippen LogP) is 3.27. The molecule has 1 aromatic carbocycles. The quantitative estimate of drug-likeness (QED) is 0.265. The van der Waals surface area contributed by atoms with Crippen molar-refractivity contribution in [2.75, 3.05) is 6.61 Å². The third-order valence-electron chi connectivity index (χ3n) is 5.98. The van der Waals surface area contributed by atoms with Crippen LogP contribution in [0.15, 0.2) is 38.5 Å². The minimum absolute atomic E-state index is 0.130. The van der Waals surface area contributed by atoms with E-state index in [1.54, 1.807) is 20.8 Å². The minimum Gasteiger partial charge on any atom is -0.462 e. The fourth-order valence-electron chi connectivity index (χ4n) is 4.14. The summed E-state index contributed by atoms with van der Waals surface area (Å²) in [6, 6.07) is 2.03. The number of aromatic amines is 1. The molecule has 0 radical (unpaired) electrons. The monoisotopic (exact) mass is 586 g/mol. The van der Waals surface area contributed by atoms with E-state index < -0.39 is 73.3 Å². The molecule has 40 heavy (non-hydrogen) atoms. The molecular formula is C24H29F2N4O9P. The SMILES string of the molecule is Cc1noc2cc(F)c(OP(=O)(NC(C)C(=O)OC(C)C)OCC3CC(C)(F)C(n4ccc(=O)[nH]c4=O)O3)cc12. The van der Waals surface area contributed by atoms with Crippen molar-refractivity contribution in [2.24, 2.45) is 0 Å². The molecule has 16 heteroatoms. The first-order valence-corrected chi connectivity index (χ1v) is 13.9. The summed E-state index contributed by atoms with van der Waals surface area (Å²) in [5.41, 5.74) is -3.09. The Balaban J connectivity index is 1.57. The van der Waals surface area contributed by atoms with E-state index in [0.717, 1.165) is 22.9 Å². The molecule has 4 rings (SSSR count). The zero-order chi connectivity index (χ0) is 29.4. The number of alkyl halides is 1. The van der Waals surface area contributed by atoms with Crippen LogP contribution >= 0.6 is 7.75 Å². The molecule has 13 nitrogen and oxygen atoms in total. The average molecular weight is 586 g/mol. The molecule has 0 aliphatic carbocycles. The van der Waals surface area contributed by atoms with Crippen molar-refractivity contribution in [3.63, 3.8) is 0 Å². The zero-order valence-electron chi connectivity index (χ0n) is 22.3. The first-order valence-electron chi connectivity index (χ1n) is 12.3. The van der Waals surface area contributed by atoms with Crippen LogP contribution in [0.25, 0.3) is 11.0 Å². The number of halogens is 2. The first-order chi connectivity index (χ1) is 18.7. The van der Waals surface area contributed by atoms with E-state index >= 15 is 4.39 Å². The summed E-state index contributed by atoms with van der Waals surface area (Å²) in [5, 5.41) is 6.55. The number of ether oxygens (including phenoxy) is 2. The Labute approximate surface area is 226 Å². The normalized spacial score (nSPS) is 23.3. The molecule has 2 aromatic heterocycles. The van der Waals surface area contributed by atoms with Gasteiger partial charge in [-0.3, -0.25) is 23.7 Å². The molecule has 1 saturated heterocycles. The molecule has 1 aliphatic rings. The maximum atomic E-state index is 15.4. The Hall–Kier alpha value is -3.39. The number of H-pyrrole nitrogens is 1. The Morgan fingerprint density at radius 1 is 1.35 bits per heavy atom. The molecule has 0 bridgehead atoms. The molecule has 0 saturated carbocycles. The lowest BCUT2D eigenvalue weighted by Crippen LogP contribution is -2.38. The van der Waals surface area contributed by atoms with E-state index in [2.05, 4.69) is 10.2 Å². The van der Waals surface area contributed by atoms with Crippen molar-refractivity contribution >= 4 is 24.7 Å². The highest BCUT2D eigenvalue weighted by Gasteiger charge is 2.48. The number of fused-ring (bicyclic) bond motifs is 1. The second kappa shape index (κ2) is 11.2. The Morgan fingerprint density at radius 3 is 2.75 bits per heavy atom. The van der Waals surface area contributed by atoms with Crippen LogP contribution < -0.4 is 20.9 Å². The number of nitrogens with zero attached hydrogens (tertiary/aromatic N) is 2. The second-order valence-corrected chi connectivity index (χ2v) is 11.6. The van der Waals surface area contributed by atoms with Gasteiger partial charge in [-0.2, -0.15) is 5.09 Å². The van der Waals surface area contributed by atoms with Gasteiger partial charge in [0.1, 0.15) is 6.04 Å². The largest absolute Gasteiger partial charge is 0.462 e. The van der Waals surface area contributed by atoms with Crippen molar-refractivity contribution in [3.05, 3.63) is 56.7 Å². The Morgan fingerprint density at radius 2 is 2.08 bits per heavy atom. The Kier molecular flexibility index (Phi) is 8.31. The molecule has 218 valence electrons. The van der Waals surface area contributed by atoms with E-state index in [9.17, 15) is 23.3 Å². The standard InChI is InChI=1S/C24H29F2N4O9P/c1-12(2)36-21(32)14(4)29-40(34,39-19-8-16-13(3)28-38-18(16)9-17(19)25)35-11-15-10-24(5,26)22(37-15)30-7-6-20(31)27-23(30)33/h6-9,12,14-15,22H,10-11H2,1-5H3,(H,29,34)(H,27,31,33). The van der Waals surface area contributed by atoms with Gasteiger partial charge in [-0.05, 0) is 40.7 Å². The van der Waals surface area contributed by atoms with Gasteiger partial charge in [-0.15, -0.1) is 0 Å². The lowest BCUT2D eigenvalue weighted by Gasteiger charge is -2.24. The van der Waals surface area contributed by atoms with Gasteiger partial charge in [0.15, 0.2) is 29.0 Å². The third-order valence-corrected chi connectivity index (χ3v) is 7.61. The number of rotatable bonds is 10. The fraction of sp³-hybridized carbons (Fsp3) is 0.500. The topological polar surface area (TPSA) is 164 Å². The van der Waals surface area contributed by atoms with Gasteiger partial charge < -0.3 is 18.5 Å². The third kappa shape index (κ3) is 6.49. The van der Waals surface area contributed by atoms with Gasteiger partial charge >= 0.3 is 19.4 Å². The number of nitrogens with one attached hydrogen (secondary N) is 2. The van der Waals surface area contributed by atoms with E-state index in [0.29, 0.717) is 11.1 Å². The van der Waals surface area contributed by atoms with Crippen molar-refractivity contribution in [1.82, 2.24) is 19.8 Å². The second-order valence-electron chi connectivity index (χ2n) is 9.88. The summed E-state index contributed by atoms with van der Waals surface area (Å²) in [5.74, 6) is -2.21. The number of aryl methyl sites for hydroxylation is 1. The Bertz CT molecular complexity index is 1570. The number of esters is 1. The van der Waals surface area contributed by atoms with Crippen LogP contribution in [0.4, 0.5) is 8.78 Å². The van der Waals surface area contributed by atoms with Gasteiger partial charge in [0.05, 0.1) is 24.5 Å². The summed E-state index contributed by atoms with van der Waals surface area (Å²) >= 11 is 0. The van der Waals surface area contributed by atoms with Crippen LogP contribution in [-0.2, 0) is 23.4 Å². The van der Waals surface area contributed by atoms with Crippen LogP contribution in [0, 0.1) is 12.7 Å². The smallest absolute Gasteiger partial charge is 0.459 e. The number of benzene rings is 1. The van der Waals surface area contributed by atoms with Crippen LogP contribution in [0.5, 0.6) is 5.75 Å². The number of carbonyl (C=O) groups excluding carboxylic acids is 1. The molecule has 3 aromatic rings. The average Bonchev–Trinajstić information content (AvgIpc) is 3.35. The van der Waals surface area contributed by atoms with Crippen LogP contribution in [-0.4, -0.2) is 51.2 Å². The van der Waals surface area contributed by atoms with Crippen LogP contribution in [0.3, 0.4) is 0 Å². The van der Waals surface area contributed by atoms with Crippen LogP contribution in [0.1, 0.15) is 46.0 Å². The molecule has 1 fully saturated rings. The summed E-state index contributed by atoms with van der Waals surface area (Å²) in [4.78, 5) is 38.0. The zero-order valence-corrected chi connectivity index (χ0v) is 23.2. The van der Waals surface area contributed by atoms with E-state index in [1.165, 1.54) is 19.9 Å². The number of hydrogen-bond donors (Lipinski definition) is 2. The van der Waals surface area contributed by atoms with Gasteiger partial charge in [-0.1, -0.05) is 5.16 Å². The summed E-state index contributed by atoms with van der Waals surface area (Å²) in [6.45, 7) is 6.86. The molecule has 2 N–H and O–H groups in total. The highest BCUT2D eigenvalue weighted by molar-refractivity contribution is 7.52. The molecule has 3 heterocycles. The summed E-state index contributed by atoms with van der Waals surface area (Å²) in [7, 11) is -4.56. The maximum absolute atomic E-state index is 15.4. The molecule has 0 amide bonds. The van der Waals surface area contributed by atoms with Crippen molar-refractivity contribution < 1.29 is 41.2 Å². The predicted molar refractivity (Wildman–Crippen MR) is 136 cm³/mol. The molecule has 1 aliphatic heterocycles. The number of aromatic nitrogens is 3. The fourth-order valence-corrected chi connectivity index (χ4v) is 5.66.